The summed E-state index contributed by atoms with van der Waals surface area (Å²) in [6, 6.07) is 5.48. The van der Waals surface area contributed by atoms with Crippen LogP contribution in [0.4, 0.5) is 5.69 Å². The van der Waals surface area contributed by atoms with Gasteiger partial charge in [0.1, 0.15) is 11.4 Å². The van der Waals surface area contributed by atoms with Crippen LogP contribution in [0.5, 0.6) is 5.75 Å². The van der Waals surface area contributed by atoms with Crippen LogP contribution in [0.1, 0.15) is 5.56 Å². The van der Waals surface area contributed by atoms with Crippen molar-refractivity contribution >= 4 is 5.69 Å². The van der Waals surface area contributed by atoms with Gasteiger partial charge in [-0.3, -0.25) is 4.48 Å². The number of nitrogens with zero attached hydrogens (tertiary/aromatic N) is 1. The van der Waals surface area contributed by atoms with Crippen molar-refractivity contribution in [2.75, 3.05) is 21.1 Å². The molecular weight excluding hydrogens is 277 g/mol. The molecule has 3 heteroatoms. The van der Waals surface area contributed by atoms with Crippen LogP contribution < -0.4 is 28.5 Å². The molecule has 2 nitrogen and oxygen atoms in total. The summed E-state index contributed by atoms with van der Waals surface area (Å²) in [4.78, 5) is 0. The van der Waals surface area contributed by atoms with E-state index in [1.165, 1.54) is 5.69 Å². The molecule has 1 N–H and O–H groups in total. The highest BCUT2D eigenvalue weighted by atomic mass is 127. The summed E-state index contributed by atoms with van der Waals surface area (Å²) in [5, 5.41) is 9.20. The minimum Gasteiger partial charge on any atom is -1.00 e. The van der Waals surface area contributed by atoms with Gasteiger partial charge in [0.15, 0.2) is 0 Å². The van der Waals surface area contributed by atoms with E-state index in [-0.39, 0.29) is 24.0 Å². The van der Waals surface area contributed by atoms with E-state index in [0.29, 0.717) is 5.75 Å². The van der Waals surface area contributed by atoms with Gasteiger partial charge in [0.25, 0.3) is 0 Å². The number of aromatic hydroxyl groups is 1. The van der Waals surface area contributed by atoms with Crippen LogP contribution >= 0.6 is 0 Å². The number of quaternary nitrogens is 1. The standard InChI is InChI=1S/C10H15NO.HI/c1-8-7-9(12)5-6-10(8)11(2,3)4;/h5-7H,1-4H3;1H. The van der Waals surface area contributed by atoms with E-state index in [1.807, 2.05) is 13.0 Å². The summed E-state index contributed by atoms with van der Waals surface area (Å²) in [6.07, 6.45) is 0. The SMILES string of the molecule is Cc1cc(O)ccc1[N+](C)(C)C.[I-]. The van der Waals surface area contributed by atoms with Crippen molar-refractivity contribution in [1.82, 2.24) is 4.48 Å². The van der Waals surface area contributed by atoms with Crippen molar-refractivity contribution in [3.63, 3.8) is 0 Å². The molecule has 0 aliphatic rings. The summed E-state index contributed by atoms with van der Waals surface area (Å²) in [5.41, 5.74) is 2.36. The normalized spacial score (nSPS) is 10.8. The molecule has 0 saturated heterocycles. The van der Waals surface area contributed by atoms with Gasteiger partial charge in [0, 0.05) is 11.6 Å². The summed E-state index contributed by atoms with van der Waals surface area (Å²) in [5.74, 6) is 0.338. The third-order valence-electron chi connectivity index (χ3n) is 1.90. The van der Waals surface area contributed by atoms with Gasteiger partial charge >= 0.3 is 0 Å². The van der Waals surface area contributed by atoms with Gasteiger partial charge in [0.2, 0.25) is 0 Å². The van der Waals surface area contributed by atoms with Crippen LogP contribution in [0.25, 0.3) is 0 Å². The molecule has 1 aromatic carbocycles. The van der Waals surface area contributed by atoms with E-state index in [4.69, 9.17) is 0 Å². The van der Waals surface area contributed by atoms with Crippen LogP contribution in [-0.2, 0) is 0 Å². The molecule has 1 aromatic rings. The van der Waals surface area contributed by atoms with Crippen LogP contribution in [0, 0.1) is 6.92 Å². The Hall–Kier alpha value is -0.290. The molecule has 0 fully saturated rings. The number of halogens is 1. The lowest BCUT2D eigenvalue weighted by molar-refractivity contribution is -0.00000396. The fourth-order valence-electron chi connectivity index (χ4n) is 1.39. The van der Waals surface area contributed by atoms with Crippen molar-refractivity contribution < 1.29 is 29.1 Å². The third-order valence-corrected chi connectivity index (χ3v) is 1.90. The van der Waals surface area contributed by atoms with Crippen molar-refractivity contribution in [3.8, 4) is 5.75 Å². The Morgan fingerprint density at radius 3 is 2.08 bits per heavy atom. The number of aryl methyl sites for hydroxylation is 1. The highest BCUT2D eigenvalue weighted by Gasteiger charge is 2.14. The number of hydrogen-bond acceptors (Lipinski definition) is 1. The van der Waals surface area contributed by atoms with Gasteiger partial charge in [0.05, 0.1) is 21.1 Å². The Bertz CT molecular complexity index is 291. The molecule has 0 amide bonds. The lowest BCUT2D eigenvalue weighted by Crippen LogP contribution is -3.00. The molecule has 0 aliphatic carbocycles. The number of phenols is 1. The van der Waals surface area contributed by atoms with Crippen molar-refractivity contribution in [2.24, 2.45) is 0 Å². The summed E-state index contributed by atoms with van der Waals surface area (Å²) < 4.78 is 0.784. The number of phenolic OH excluding ortho intramolecular Hbond substituents is 1. The maximum Gasteiger partial charge on any atom is 0.135 e. The molecule has 0 saturated carbocycles. The van der Waals surface area contributed by atoms with Gasteiger partial charge in [-0.1, -0.05) is 0 Å². The Labute approximate surface area is 96.8 Å². The first-order chi connectivity index (χ1) is 5.41. The smallest absolute Gasteiger partial charge is 0.135 e. The van der Waals surface area contributed by atoms with E-state index in [2.05, 4.69) is 21.1 Å². The quantitative estimate of drug-likeness (QED) is 0.515. The zero-order chi connectivity index (χ0) is 9.35. The molecule has 0 aliphatic heterocycles. The largest absolute Gasteiger partial charge is 1.00 e. The van der Waals surface area contributed by atoms with Crippen LogP contribution in [-0.4, -0.2) is 26.2 Å². The van der Waals surface area contributed by atoms with Gasteiger partial charge in [-0.05, 0) is 19.1 Å². The lowest BCUT2D eigenvalue weighted by atomic mass is 10.1. The fourth-order valence-corrected chi connectivity index (χ4v) is 1.39. The average molecular weight is 293 g/mol. The van der Waals surface area contributed by atoms with E-state index in [9.17, 15) is 5.11 Å². The molecule has 74 valence electrons. The highest BCUT2D eigenvalue weighted by molar-refractivity contribution is 5.51. The molecule has 0 spiro atoms. The molecule has 0 atom stereocenters. The van der Waals surface area contributed by atoms with Gasteiger partial charge in [-0.25, -0.2) is 0 Å². The molecule has 0 aromatic heterocycles. The van der Waals surface area contributed by atoms with E-state index in [0.717, 1.165) is 10.0 Å². The van der Waals surface area contributed by atoms with Gasteiger partial charge < -0.3 is 29.1 Å². The topological polar surface area (TPSA) is 20.2 Å². The van der Waals surface area contributed by atoms with Crippen molar-refractivity contribution in [1.29, 1.82) is 0 Å². The Kier molecular flexibility index (Phi) is 4.19. The fraction of sp³-hybridized carbons (Fsp3) is 0.400. The third kappa shape index (κ3) is 3.15. The monoisotopic (exact) mass is 293 g/mol. The molecule has 0 bridgehead atoms. The van der Waals surface area contributed by atoms with Gasteiger partial charge in [-0.15, -0.1) is 0 Å². The Morgan fingerprint density at radius 1 is 1.15 bits per heavy atom. The Morgan fingerprint density at radius 2 is 1.69 bits per heavy atom. The van der Waals surface area contributed by atoms with Crippen LogP contribution in [0.15, 0.2) is 18.2 Å². The van der Waals surface area contributed by atoms with Gasteiger partial charge in [-0.2, -0.15) is 0 Å². The average Bonchev–Trinajstić information content (AvgIpc) is 1.83. The molecular formula is C10H16INO. The zero-order valence-corrected chi connectivity index (χ0v) is 10.7. The van der Waals surface area contributed by atoms with Crippen molar-refractivity contribution in [2.45, 2.75) is 6.92 Å². The second kappa shape index (κ2) is 4.28. The predicted molar refractivity (Wildman–Crippen MR) is 52.4 cm³/mol. The minimum atomic E-state index is 0. The number of hydrogen-bond donors (Lipinski definition) is 1. The lowest BCUT2D eigenvalue weighted by Gasteiger charge is -2.25. The van der Waals surface area contributed by atoms with E-state index < -0.39 is 0 Å². The second-order valence-electron chi connectivity index (χ2n) is 3.98. The predicted octanol–water partition coefficient (Wildman–Crippen LogP) is -1.10. The summed E-state index contributed by atoms with van der Waals surface area (Å²) in [7, 11) is 6.33. The Balaban J connectivity index is 0.00000144. The first-order valence-corrected chi connectivity index (χ1v) is 4.03. The van der Waals surface area contributed by atoms with Crippen LogP contribution in [0.3, 0.4) is 0 Å². The van der Waals surface area contributed by atoms with Crippen molar-refractivity contribution in [3.05, 3.63) is 23.8 Å². The number of rotatable bonds is 1. The molecule has 13 heavy (non-hydrogen) atoms. The highest BCUT2D eigenvalue weighted by Crippen LogP contribution is 2.25. The zero-order valence-electron chi connectivity index (χ0n) is 8.50. The summed E-state index contributed by atoms with van der Waals surface area (Å²) >= 11 is 0. The molecule has 1 rings (SSSR count). The number of benzene rings is 1. The molecule has 0 heterocycles. The first-order valence-electron chi connectivity index (χ1n) is 4.03. The molecule has 0 unspecified atom stereocenters. The summed E-state index contributed by atoms with van der Waals surface area (Å²) in [6.45, 7) is 2.01. The first kappa shape index (κ1) is 12.7. The maximum absolute atomic E-state index is 9.20. The molecule has 0 radical (unpaired) electrons. The van der Waals surface area contributed by atoms with E-state index >= 15 is 0 Å². The minimum absolute atomic E-state index is 0. The van der Waals surface area contributed by atoms with Crippen LogP contribution in [0.2, 0.25) is 0 Å². The second-order valence-corrected chi connectivity index (χ2v) is 3.98. The maximum atomic E-state index is 9.20. The van der Waals surface area contributed by atoms with E-state index in [1.54, 1.807) is 12.1 Å².